The maximum atomic E-state index is 12.5. The van der Waals surface area contributed by atoms with E-state index in [1.807, 2.05) is 37.3 Å². The van der Waals surface area contributed by atoms with Crippen LogP contribution < -0.4 is 10.6 Å². The van der Waals surface area contributed by atoms with Crippen LogP contribution in [0.5, 0.6) is 0 Å². The molecule has 7 heteroatoms. The highest BCUT2D eigenvalue weighted by Crippen LogP contribution is 2.16. The van der Waals surface area contributed by atoms with Crippen LogP contribution in [0.3, 0.4) is 0 Å². The van der Waals surface area contributed by atoms with E-state index in [9.17, 15) is 9.59 Å². The molecule has 0 radical (unpaired) electrons. The number of amides is 2. The first kappa shape index (κ1) is 17.7. The number of anilines is 1. The van der Waals surface area contributed by atoms with Crippen LogP contribution >= 0.6 is 11.6 Å². The van der Waals surface area contributed by atoms with Crippen molar-refractivity contribution in [3.8, 4) is 0 Å². The molecule has 0 spiro atoms. The molecule has 1 aromatic heterocycles. The predicted molar refractivity (Wildman–Crippen MR) is 100 cm³/mol. The number of H-pyrrole nitrogens is 1. The number of rotatable bonds is 5. The van der Waals surface area contributed by atoms with E-state index in [0.29, 0.717) is 10.7 Å². The molecule has 1 heterocycles. The zero-order chi connectivity index (χ0) is 18.5. The molecule has 3 N–H and O–H groups in total. The maximum absolute atomic E-state index is 12.5. The first-order valence-electron chi connectivity index (χ1n) is 8.00. The van der Waals surface area contributed by atoms with Gasteiger partial charge in [-0.1, -0.05) is 41.9 Å². The van der Waals surface area contributed by atoms with Crippen LogP contribution in [0.25, 0.3) is 0 Å². The number of nitrogens with zero attached hydrogens (tertiary/aromatic N) is 1. The molecule has 1 atom stereocenters. The Hall–Kier alpha value is -3.12. The fraction of sp³-hybridized carbons (Fsp3) is 0.105. The van der Waals surface area contributed by atoms with Crippen LogP contribution in [0.1, 0.15) is 39.5 Å². The average molecular weight is 369 g/mol. The van der Waals surface area contributed by atoms with Gasteiger partial charge in [-0.15, -0.1) is 0 Å². The quantitative estimate of drug-likeness (QED) is 0.640. The van der Waals surface area contributed by atoms with Gasteiger partial charge in [0.05, 0.1) is 12.4 Å². The van der Waals surface area contributed by atoms with Crippen molar-refractivity contribution < 1.29 is 9.59 Å². The molecule has 0 bridgehead atoms. The Kier molecular flexibility index (Phi) is 5.34. The zero-order valence-corrected chi connectivity index (χ0v) is 14.7. The van der Waals surface area contributed by atoms with Gasteiger partial charge in [-0.2, -0.15) is 0 Å². The average Bonchev–Trinajstić information content (AvgIpc) is 3.14. The highest BCUT2D eigenvalue weighted by atomic mass is 35.5. The summed E-state index contributed by atoms with van der Waals surface area (Å²) < 4.78 is 0. The summed E-state index contributed by atoms with van der Waals surface area (Å²) in [6, 6.07) is 16.0. The summed E-state index contributed by atoms with van der Waals surface area (Å²) in [5, 5.41) is 6.12. The van der Waals surface area contributed by atoms with Crippen LogP contribution in [0.2, 0.25) is 5.02 Å². The Morgan fingerprint density at radius 3 is 2.42 bits per heavy atom. The molecule has 26 heavy (non-hydrogen) atoms. The molecule has 0 aliphatic carbocycles. The Balaban J connectivity index is 1.72. The Labute approximate surface area is 155 Å². The smallest absolute Gasteiger partial charge is 0.276 e. The predicted octanol–water partition coefficient (Wildman–Crippen LogP) is 3.81. The molecule has 0 fully saturated rings. The van der Waals surface area contributed by atoms with E-state index in [2.05, 4.69) is 20.6 Å². The topological polar surface area (TPSA) is 86.9 Å². The zero-order valence-electron chi connectivity index (χ0n) is 14.0. The molecule has 0 saturated carbocycles. The minimum Gasteiger partial charge on any atom is -0.344 e. The molecule has 6 nitrogen and oxygen atoms in total. The molecule has 3 aromatic rings. The number of benzene rings is 2. The lowest BCUT2D eigenvalue weighted by Crippen LogP contribution is -2.29. The van der Waals surface area contributed by atoms with E-state index in [1.54, 1.807) is 24.3 Å². The third-order valence-corrected chi connectivity index (χ3v) is 4.08. The minimum atomic E-state index is -0.480. The first-order chi connectivity index (χ1) is 12.5. The second kappa shape index (κ2) is 7.84. The largest absolute Gasteiger partial charge is 0.344 e. The van der Waals surface area contributed by atoms with E-state index >= 15 is 0 Å². The first-order valence-corrected chi connectivity index (χ1v) is 8.38. The van der Waals surface area contributed by atoms with E-state index < -0.39 is 11.8 Å². The lowest BCUT2D eigenvalue weighted by molar-refractivity contribution is 0.0923. The Morgan fingerprint density at radius 1 is 1.04 bits per heavy atom. The summed E-state index contributed by atoms with van der Waals surface area (Å²) in [6.45, 7) is 1.87. The molecule has 3 rings (SSSR count). The van der Waals surface area contributed by atoms with E-state index in [-0.39, 0.29) is 17.4 Å². The number of aromatic amines is 1. The molecule has 132 valence electrons. The summed E-state index contributed by atoms with van der Waals surface area (Å²) in [4.78, 5) is 31.7. The van der Waals surface area contributed by atoms with Gasteiger partial charge in [0, 0.05) is 10.7 Å². The van der Waals surface area contributed by atoms with Crippen LogP contribution in [0.15, 0.2) is 60.9 Å². The van der Waals surface area contributed by atoms with Crippen molar-refractivity contribution in [2.24, 2.45) is 0 Å². The number of hydrogen-bond acceptors (Lipinski definition) is 3. The van der Waals surface area contributed by atoms with Crippen molar-refractivity contribution in [2.75, 3.05) is 5.32 Å². The number of aromatic nitrogens is 2. The fourth-order valence-electron chi connectivity index (χ4n) is 2.46. The van der Waals surface area contributed by atoms with Gasteiger partial charge in [0.25, 0.3) is 11.8 Å². The van der Waals surface area contributed by atoms with E-state index in [0.717, 1.165) is 5.56 Å². The van der Waals surface area contributed by atoms with Crippen molar-refractivity contribution in [1.82, 2.24) is 15.3 Å². The number of carbonyl (C=O) groups is 2. The fourth-order valence-corrected chi connectivity index (χ4v) is 2.58. The minimum absolute atomic E-state index is 0.0257. The summed E-state index contributed by atoms with van der Waals surface area (Å²) >= 11 is 5.83. The Morgan fingerprint density at radius 2 is 1.73 bits per heavy atom. The SMILES string of the molecule is CC(NC(=O)c1[nH]cnc1C(=O)Nc1ccc(Cl)cc1)c1ccccc1. The van der Waals surface area contributed by atoms with Crippen LogP contribution in [-0.4, -0.2) is 21.8 Å². The molecular formula is C19H17ClN4O2. The number of imidazole rings is 1. The summed E-state index contributed by atoms with van der Waals surface area (Å²) in [6.07, 6.45) is 1.32. The van der Waals surface area contributed by atoms with Crippen molar-refractivity contribution >= 4 is 29.1 Å². The molecule has 0 aliphatic heterocycles. The van der Waals surface area contributed by atoms with Gasteiger partial charge in [-0.05, 0) is 36.8 Å². The van der Waals surface area contributed by atoms with Gasteiger partial charge >= 0.3 is 0 Å². The van der Waals surface area contributed by atoms with E-state index in [1.165, 1.54) is 6.33 Å². The number of carbonyl (C=O) groups excluding carboxylic acids is 2. The molecule has 0 saturated heterocycles. The number of hydrogen-bond donors (Lipinski definition) is 3. The normalized spacial score (nSPS) is 11.6. The summed E-state index contributed by atoms with van der Waals surface area (Å²) in [7, 11) is 0. The van der Waals surface area contributed by atoms with Crippen molar-refractivity contribution in [1.29, 1.82) is 0 Å². The molecule has 2 aromatic carbocycles. The number of halogens is 1. The Bertz CT molecular complexity index is 907. The molecular weight excluding hydrogens is 352 g/mol. The van der Waals surface area contributed by atoms with Crippen LogP contribution in [0, 0.1) is 0 Å². The van der Waals surface area contributed by atoms with Gasteiger partial charge in [0.15, 0.2) is 5.69 Å². The lowest BCUT2D eigenvalue weighted by atomic mass is 10.1. The van der Waals surface area contributed by atoms with Crippen molar-refractivity contribution in [3.63, 3.8) is 0 Å². The van der Waals surface area contributed by atoms with Gasteiger partial charge in [-0.25, -0.2) is 4.98 Å². The van der Waals surface area contributed by atoms with Gasteiger partial charge in [-0.3, -0.25) is 9.59 Å². The monoisotopic (exact) mass is 368 g/mol. The highest BCUT2D eigenvalue weighted by molar-refractivity contribution is 6.30. The van der Waals surface area contributed by atoms with Gasteiger partial charge in [0.1, 0.15) is 5.69 Å². The second-order valence-corrected chi connectivity index (χ2v) is 6.13. The number of nitrogens with one attached hydrogen (secondary N) is 3. The molecule has 2 amide bonds. The van der Waals surface area contributed by atoms with Gasteiger partial charge < -0.3 is 15.6 Å². The van der Waals surface area contributed by atoms with E-state index in [4.69, 9.17) is 11.6 Å². The maximum Gasteiger partial charge on any atom is 0.276 e. The highest BCUT2D eigenvalue weighted by Gasteiger charge is 2.22. The molecule has 0 aliphatic rings. The van der Waals surface area contributed by atoms with Crippen molar-refractivity contribution in [2.45, 2.75) is 13.0 Å². The second-order valence-electron chi connectivity index (χ2n) is 5.69. The third kappa shape index (κ3) is 4.10. The summed E-state index contributed by atoms with van der Waals surface area (Å²) in [5.74, 6) is -0.883. The molecule has 1 unspecified atom stereocenters. The third-order valence-electron chi connectivity index (χ3n) is 3.83. The summed E-state index contributed by atoms with van der Waals surface area (Å²) in [5.41, 5.74) is 1.66. The van der Waals surface area contributed by atoms with Crippen LogP contribution in [-0.2, 0) is 0 Å². The lowest BCUT2D eigenvalue weighted by Gasteiger charge is -2.14. The van der Waals surface area contributed by atoms with Crippen LogP contribution in [0.4, 0.5) is 5.69 Å². The van der Waals surface area contributed by atoms with Crippen molar-refractivity contribution in [3.05, 3.63) is 82.9 Å². The van der Waals surface area contributed by atoms with Gasteiger partial charge in [0.2, 0.25) is 0 Å². The standard InChI is InChI=1S/C19H17ClN4O2/c1-12(13-5-3-2-4-6-13)23-18(25)16-17(22-11-21-16)19(26)24-15-9-7-14(20)8-10-15/h2-12H,1H3,(H,21,22)(H,23,25)(H,24,26).